The first kappa shape index (κ1) is 23.4. The first-order chi connectivity index (χ1) is 11.2. The zero-order chi connectivity index (χ0) is 18.3. The molecule has 0 aliphatic rings. The Bertz CT molecular complexity index is 551. The fourth-order valence-electron chi connectivity index (χ4n) is 2.30. The van der Waals surface area contributed by atoms with Crippen molar-refractivity contribution in [2.75, 3.05) is 20.1 Å². The lowest BCUT2D eigenvalue weighted by Gasteiger charge is -2.22. The van der Waals surface area contributed by atoms with Crippen LogP contribution in [-0.2, 0) is 10.2 Å². The van der Waals surface area contributed by atoms with Crippen LogP contribution in [-0.4, -0.2) is 38.0 Å². The largest absolute Gasteiger partial charge is 0.353 e. The van der Waals surface area contributed by atoms with E-state index in [1.165, 1.54) is 5.56 Å². The Morgan fingerprint density at radius 1 is 1.04 bits per heavy atom. The van der Waals surface area contributed by atoms with Crippen LogP contribution in [0.25, 0.3) is 0 Å². The minimum Gasteiger partial charge on any atom is -0.353 e. The highest BCUT2D eigenvalue weighted by Crippen LogP contribution is 2.22. The van der Waals surface area contributed by atoms with E-state index >= 15 is 0 Å². The normalized spacial score (nSPS) is 12.3. The molecule has 0 bridgehead atoms. The van der Waals surface area contributed by atoms with Crippen LogP contribution in [0.1, 0.15) is 50.5 Å². The van der Waals surface area contributed by atoms with Gasteiger partial charge < -0.3 is 16.0 Å². The van der Waals surface area contributed by atoms with Crippen molar-refractivity contribution in [1.29, 1.82) is 0 Å². The third kappa shape index (κ3) is 7.45. The number of amides is 2. The molecule has 1 atom stereocenters. The van der Waals surface area contributed by atoms with Crippen molar-refractivity contribution in [1.82, 2.24) is 16.0 Å². The number of rotatable bonds is 7. The number of nitrogens with one attached hydrogen (secondary N) is 3. The van der Waals surface area contributed by atoms with E-state index in [9.17, 15) is 9.59 Å². The van der Waals surface area contributed by atoms with E-state index in [1.807, 2.05) is 45.2 Å². The van der Waals surface area contributed by atoms with Gasteiger partial charge >= 0.3 is 0 Å². The molecule has 142 valence electrons. The summed E-state index contributed by atoms with van der Waals surface area (Å²) in [4.78, 5) is 24.7. The summed E-state index contributed by atoms with van der Waals surface area (Å²) in [6.07, 6.45) is 0. The topological polar surface area (TPSA) is 70.2 Å². The Morgan fingerprint density at radius 2 is 1.60 bits per heavy atom. The van der Waals surface area contributed by atoms with Crippen LogP contribution < -0.4 is 16.0 Å². The fourth-order valence-corrected chi connectivity index (χ4v) is 2.30. The second kappa shape index (κ2) is 10.4. The number of carbonyl (C=O) groups excluding carboxylic acids is 2. The third-order valence-electron chi connectivity index (χ3n) is 3.92. The van der Waals surface area contributed by atoms with Gasteiger partial charge in [-0.15, -0.1) is 12.4 Å². The minimum absolute atomic E-state index is 0. The van der Waals surface area contributed by atoms with Gasteiger partial charge in [0.2, 0.25) is 5.91 Å². The molecule has 6 heteroatoms. The predicted octanol–water partition coefficient (Wildman–Crippen LogP) is 2.50. The molecular weight excluding hydrogens is 338 g/mol. The molecule has 0 aliphatic heterocycles. The summed E-state index contributed by atoms with van der Waals surface area (Å²) in [5, 5.41) is 8.65. The van der Waals surface area contributed by atoms with Gasteiger partial charge in [-0.2, -0.15) is 0 Å². The molecule has 1 rings (SSSR count). The first-order valence-electron chi connectivity index (χ1n) is 8.50. The second-order valence-electron chi connectivity index (χ2n) is 7.42. The van der Waals surface area contributed by atoms with Crippen LogP contribution in [0.4, 0.5) is 0 Å². The van der Waals surface area contributed by atoms with Crippen molar-refractivity contribution in [3.63, 3.8) is 0 Å². The lowest BCUT2D eigenvalue weighted by Crippen LogP contribution is -2.50. The number of likely N-dealkylation sites (N-methyl/N-ethyl adjacent to an activating group) is 1. The van der Waals surface area contributed by atoms with Gasteiger partial charge in [-0.1, -0.05) is 46.8 Å². The lowest BCUT2D eigenvalue weighted by molar-refractivity contribution is -0.123. The van der Waals surface area contributed by atoms with E-state index in [2.05, 4.69) is 36.7 Å². The van der Waals surface area contributed by atoms with Gasteiger partial charge in [0, 0.05) is 18.7 Å². The summed E-state index contributed by atoms with van der Waals surface area (Å²) in [7, 11) is 1.83. The number of halogens is 1. The van der Waals surface area contributed by atoms with Crippen molar-refractivity contribution in [2.45, 2.75) is 46.1 Å². The molecule has 1 aromatic rings. The molecule has 1 aromatic carbocycles. The van der Waals surface area contributed by atoms with Crippen molar-refractivity contribution < 1.29 is 9.59 Å². The number of benzene rings is 1. The van der Waals surface area contributed by atoms with Crippen molar-refractivity contribution in [3.05, 3.63) is 35.4 Å². The van der Waals surface area contributed by atoms with E-state index in [4.69, 9.17) is 0 Å². The van der Waals surface area contributed by atoms with Gasteiger partial charge in [0.05, 0.1) is 0 Å². The quantitative estimate of drug-likeness (QED) is 0.647. The fraction of sp³-hybridized carbons (Fsp3) is 0.579. The van der Waals surface area contributed by atoms with Gasteiger partial charge in [-0.25, -0.2) is 0 Å². The van der Waals surface area contributed by atoms with E-state index in [1.54, 1.807) is 0 Å². The first-order valence-corrected chi connectivity index (χ1v) is 8.50. The predicted molar refractivity (Wildman–Crippen MR) is 105 cm³/mol. The van der Waals surface area contributed by atoms with Crippen LogP contribution in [0.2, 0.25) is 0 Å². The van der Waals surface area contributed by atoms with E-state index in [0.717, 1.165) is 0 Å². The molecular formula is C19H32ClN3O2. The Balaban J connectivity index is 0.00000576. The van der Waals surface area contributed by atoms with Crippen molar-refractivity contribution in [3.8, 4) is 0 Å². The molecule has 0 radical (unpaired) electrons. The Hall–Kier alpha value is -1.59. The molecule has 0 spiro atoms. The van der Waals surface area contributed by atoms with E-state index in [-0.39, 0.29) is 35.6 Å². The second-order valence-corrected chi connectivity index (χ2v) is 7.42. The van der Waals surface area contributed by atoms with Crippen molar-refractivity contribution in [2.24, 2.45) is 5.92 Å². The van der Waals surface area contributed by atoms with Crippen LogP contribution in [0.3, 0.4) is 0 Å². The standard InChI is InChI=1S/C19H31N3O2.ClH/c1-13(2)16(18(24)21-12-11-20-6)22-17(23)14-7-9-15(10-8-14)19(3,4)5;/h7-10,13,16,20H,11-12H2,1-6H3,(H,21,24)(H,22,23);1H. The summed E-state index contributed by atoms with van der Waals surface area (Å²) in [5.74, 6) is -0.366. The van der Waals surface area contributed by atoms with Crippen molar-refractivity contribution >= 4 is 24.2 Å². The highest BCUT2D eigenvalue weighted by atomic mass is 35.5. The highest BCUT2D eigenvalue weighted by Gasteiger charge is 2.24. The molecule has 0 heterocycles. The SMILES string of the molecule is CNCCNC(=O)C(NC(=O)c1ccc(C(C)(C)C)cc1)C(C)C.Cl. The average Bonchev–Trinajstić information content (AvgIpc) is 2.51. The third-order valence-corrected chi connectivity index (χ3v) is 3.92. The molecule has 0 saturated carbocycles. The van der Waals surface area contributed by atoms with Gasteiger partial charge in [0.1, 0.15) is 6.04 Å². The molecule has 0 aromatic heterocycles. The van der Waals surface area contributed by atoms with Gasteiger partial charge in [-0.3, -0.25) is 9.59 Å². The molecule has 2 amide bonds. The maximum absolute atomic E-state index is 12.5. The maximum Gasteiger partial charge on any atom is 0.251 e. The van der Waals surface area contributed by atoms with E-state index < -0.39 is 6.04 Å². The summed E-state index contributed by atoms with van der Waals surface area (Å²) >= 11 is 0. The lowest BCUT2D eigenvalue weighted by atomic mass is 9.86. The molecule has 1 unspecified atom stereocenters. The molecule has 0 fully saturated rings. The molecule has 0 aliphatic carbocycles. The average molecular weight is 370 g/mol. The maximum atomic E-state index is 12.5. The molecule has 0 saturated heterocycles. The van der Waals surface area contributed by atoms with E-state index in [0.29, 0.717) is 18.7 Å². The monoisotopic (exact) mass is 369 g/mol. The molecule has 3 N–H and O–H groups in total. The Kier molecular flexibility index (Phi) is 9.75. The van der Waals surface area contributed by atoms with Gasteiger partial charge in [0.25, 0.3) is 5.91 Å². The van der Waals surface area contributed by atoms with Crippen LogP contribution >= 0.6 is 12.4 Å². The van der Waals surface area contributed by atoms with Crippen LogP contribution in [0.5, 0.6) is 0 Å². The molecule has 25 heavy (non-hydrogen) atoms. The zero-order valence-corrected chi connectivity index (χ0v) is 16.9. The van der Waals surface area contributed by atoms with Gasteiger partial charge in [0.15, 0.2) is 0 Å². The summed E-state index contributed by atoms with van der Waals surface area (Å²) in [5.41, 5.74) is 1.78. The zero-order valence-electron chi connectivity index (χ0n) is 16.1. The summed E-state index contributed by atoms with van der Waals surface area (Å²) < 4.78 is 0. The van der Waals surface area contributed by atoms with Crippen LogP contribution in [0.15, 0.2) is 24.3 Å². The smallest absolute Gasteiger partial charge is 0.251 e. The minimum atomic E-state index is -0.545. The molecule has 5 nitrogen and oxygen atoms in total. The Labute approximate surface area is 157 Å². The van der Waals surface area contributed by atoms with Crippen LogP contribution in [0, 0.1) is 5.92 Å². The number of hydrogen-bond acceptors (Lipinski definition) is 3. The number of carbonyl (C=O) groups is 2. The Morgan fingerprint density at radius 3 is 2.04 bits per heavy atom. The van der Waals surface area contributed by atoms with Gasteiger partial charge in [-0.05, 0) is 36.1 Å². The highest BCUT2D eigenvalue weighted by molar-refractivity contribution is 5.97. The summed E-state index contributed by atoms with van der Waals surface area (Å²) in [6, 6.07) is 7.01. The number of hydrogen-bond donors (Lipinski definition) is 3. The summed E-state index contributed by atoms with van der Waals surface area (Å²) in [6.45, 7) is 11.5.